The van der Waals surface area contributed by atoms with Crippen LogP contribution in [-0.4, -0.2) is 12.0 Å². The largest absolute Gasteiger partial charge is 0.303 e. The molecule has 0 N–H and O–H groups in total. The molecule has 1 nitrogen and oxygen atoms in total. The first-order chi connectivity index (χ1) is 6.69. The van der Waals surface area contributed by atoms with Gasteiger partial charge in [0.25, 0.3) is 0 Å². The van der Waals surface area contributed by atoms with Crippen LogP contribution in [0.15, 0.2) is 27.6 Å². The monoisotopic (exact) mass is 272 g/mol. The fourth-order valence-corrected chi connectivity index (χ4v) is 2.56. The first kappa shape index (κ1) is 11.8. The van der Waals surface area contributed by atoms with Crippen molar-refractivity contribution < 1.29 is 4.79 Å². The van der Waals surface area contributed by atoms with E-state index in [9.17, 15) is 4.79 Å². The maximum atomic E-state index is 10.6. The molecule has 0 spiro atoms. The van der Waals surface area contributed by atoms with E-state index in [4.69, 9.17) is 0 Å². The summed E-state index contributed by atoms with van der Waals surface area (Å²) in [7, 11) is 0. The Labute approximate surface area is 97.4 Å². The number of hydrogen-bond donors (Lipinski definition) is 0. The van der Waals surface area contributed by atoms with E-state index in [1.807, 2.05) is 19.1 Å². The molecule has 0 aromatic heterocycles. The topological polar surface area (TPSA) is 17.1 Å². The van der Waals surface area contributed by atoms with Crippen LogP contribution in [0.2, 0.25) is 0 Å². The molecule has 1 aromatic rings. The summed E-state index contributed by atoms with van der Waals surface area (Å²) in [5, 5.41) is 0. The van der Waals surface area contributed by atoms with Crippen molar-refractivity contribution >= 4 is 34.0 Å². The zero-order chi connectivity index (χ0) is 10.6. The lowest BCUT2D eigenvalue weighted by atomic mass is 10.0. The van der Waals surface area contributed by atoms with Gasteiger partial charge in [-0.05, 0) is 39.4 Å². The van der Waals surface area contributed by atoms with Crippen LogP contribution in [0.3, 0.4) is 0 Å². The van der Waals surface area contributed by atoms with Gasteiger partial charge in [-0.1, -0.05) is 19.9 Å². The van der Waals surface area contributed by atoms with Gasteiger partial charge in [-0.15, -0.1) is 11.8 Å². The highest BCUT2D eigenvalue weighted by molar-refractivity contribution is 9.10. The summed E-state index contributed by atoms with van der Waals surface area (Å²) in [6.45, 7) is 4.03. The Kier molecular flexibility index (Phi) is 4.69. The van der Waals surface area contributed by atoms with Gasteiger partial charge < -0.3 is 4.79 Å². The summed E-state index contributed by atoms with van der Waals surface area (Å²) in [5.41, 5.74) is 1.06. The molecule has 76 valence electrons. The molecular formula is C11H13BrOS. The second-order valence-corrected chi connectivity index (χ2v) is 5.21. The highest BCUT2D eigenvalue weighted by Gasteiger charge is 2.06. The van der Waals surface area contributed by atoms with Crippen LogP contribution < -0.4 is 0 Å². The minimum Gasteiger partial charge on any atom is -0.303 e. The number of rotatable bonds is 4. The second kappa shape index (κ2) is 5.56. The molecule has 0 saturated heterocycles. The molecule has 0 heterocycles. The molecule has 1 rings (SSSR count). The molecule has 0 aliphatic rings. The first-order valence-corrected chi connectivity index (χ1v) is 6.34. The Morgan fingerprint density at radius 1 is 1.57 bits per heavy atom. The van der Waals surface area contributed by atoms with E-state index in [-0.39, 0.29) is 5.92 Å². The zero-order valence-corrected chi connectivity index (χ0v) is 10.7. The van der Waals surface area contributed by atoms with Crippen molar-refractivity contribution in [2.24, 2.45) is 0 Å². The van der Waals surface area contributed by atoms with E-state index in [1.165, 1.54) is 4.90 Å². The maximum absolute atomic E-state index is 10.6. The molecule has 0 bridgehead atoms. The number of thioether (sulfide) groups is 1. The summed E-state index contributed by atoms with van der Waals surface area (Å²) >= 11 is 5.30. The average Bonchev–Trinajstić information content (AvgIpc) is 2.20. The molecule has 0 amide bonds. The maximum Gasteiger partial charge on any atom is 0.127 e. The number of hydrogen-bond acceptors (Lipinski definition) is 2. The average molecular weight is 273 g/mol. The fraction of sp³-hybridized carbons (Fsp3) is 0.364. The summed E-state index contributed by atoms with van der Waals surface area (Å²) in [4.78, 5) is 11.8. The smallest absolute Gasteiger partial charge is 0.127 e. The first-order valence-electron chi connectivity index (χ1n) is 4.56. The van der Waals surface area contributed by atoms with E-state index in [0.717, 1.165) is 22.1 Å². The van der Waals surface area contributed by atoms with Gasteiger partial charge in [0.1, 0.15) is 6.29 Å². The highest BCUT2D eigenvalue weighted by atomic mass is 79.9. The highest BCUT2D eigenvalue weighted by Crippen LogP contribution is 2.29. The van der Waals surface area contributed by atoms with Crippen LogP contribution in [0.5, 0.6) is 0 Å². The number of aldehydes is 1. The van der Waals surface area contributed by atoms with Crippen molar-refractivity contribution in [1.29, 1.82) is 0 Å². The number of benzene rings is 1. The number of halogens is 1. The van der Waals surface area contributed by atoms with Crippen molar-refractivity contribution in [3.8, 4) is 0 Å². The minimum absolute atomic E-state index is 0.0213. The van der Waals surface area contributed by atoms with Gasteiger partial charge in [0.2, 0.25) is 0 Å². The van der Waals surface area contributed by atoms with Crippen LogP contribution in [0, 0.1) is 0 Å². The van der Waals surface area contributed by atoms with Gasteiger partial charge in [-0.25, -0.2) is 0 Å². The van der Waals surface area contributed by atoms with Gasteiger partial charge in [0.15, 0.2) is 0 Å². The Morgan fingerprint density at radius 3 is 2.79 bits per heavy atom. The Morgan fingerprint density at radius 2 is 2.29 bits per heavy atom. The van der Waals surface area contributed by atoms with Crippen LogP contribution in [0.25, 0.3) is 0 Å². The Balaban J connectivity index is 2.93. The summed E-state index contributed by atoms with van der Waals surface area (Å²) < 4.78 is 1.08. The molecule has 1 atom stereocenters. The SMILES string of the molecule is CCSc1ccc(C(C)C=O)cc1Br. The lowest BCUT2D eigenvalue weighted by Gasteiger charge is -2.07. The van der Waals surface area contributed by atoms with Crippen LogP contribution in [0.1, 0.15) is 25.3 Å². The Hall–Kier alpha value is -0.280. The number of carbonyl (C=O) groups is 1. The molecule has 1 aromatic carbocycles. The molecule has 0 saturated carbocycles. The molecule has 0 aliphatic carbocycles. The van der Waals surface area contributed by atoms with Gasteiger partial charge in [0, 0.05) is 15.3 Å². The van der Waals surface area contributed by atoms with E-state index in [0.29, 0.717) is 0 Å². The predicted molar refractivity (Wildman–Crippen MR) is 65.0 cm³/mol. The lowest BCUT2D eigenvalue weighted by molar-refractivity contribution is -0.108. The molecule has 0 radical (unpaired) electrons. The van der Waals surface area contributed by atoms with Crippen LogP contribution in [-0.2, 0) is 4.79 Å². The molecular weight excluding hydrogens is 260 g/mol. The zero-order valence-electron chi connectivity index (χ0n) is 8.29. The van der Waals surface area contributed by atoms with Crippen molar-refractivity contribution in [1.82, 2.24) is 0 Å². The molecule has 3 heteroatoms. The molecule has 0 fully saturated rings. The Bertz CT molecular complexity index is 325. The lowest BCUT2D eigenvalue weighted by Crippen LogP contribution is -1.94. The predicted octanol–water partition coefficient (Wildman–Crippen LogP) is 3.86. The standard InChI is InChI=1S/C11H13BrOS/c1-3-14-11-5-4-9(6-10(11)12)8(2)7-13/h4-8H,3H2,1-2H3. The third-order valence-electron chi connectivity index (χ3n) is 1.99. The van der Waals surface area contributed by atoms with E-state index in [2.05, 4.69) is 28.9 Å². The molecule has 1 unspecified atom stereocenters. The van der Waals surface area contributed by atoms with Gasteiger partial charge in [-0.3, -0.25) is 0 Å². The third kappa shape index (κ3) is 2.85. The molecule has 0 aliphatic heterocycles. The van der Waals surface area contributed by atoms with E-state index < -0.39 is 0 Å². The minimum atomic E-state index is -0.0213. The van der Waals surface area contributed by atoms with E-state index in [1.54, 1.807) is 11.8 Å². The van der Waals surface area contributed by atoms with Crippen molar-refractivity contribution in [2.75, 3.05) is 5.75 Å². The van der Waals surface area contributed by atoms with Gasteiger partial charge >= 0.3 is 0 Å². The normalized spacial score (nSPS) is 12.5. The third-order valence-corrected chi connectivity index (χ3v) is 3.86. The van der Waals surface area contributed by atoms with Gasteiger partial charge in [-0.2, -0.15) is 0 Å². The molecule has 14 heavy (non-hydrogen) atoms. The van der Waals surface area contributed by atoms with E-state index >= 15 is 0 Å². The fourth-order valence-electron chi connectivity index (χ4n) is 1.15. The van der Waals surface area contributed by atoms with Crippen molar-refractivity contribution in [3.63, 3.8) is 0 Å². The second-order valence-electron chi connectivity index (χ2n) is 3.05. The van der Waals surface area contributed by atoms with Crippen LogP contribution >= 0.6 is 27.7 Å². The quantitative estimate of drug-likeness (QED) is 0.612. The van der Waals surface area contributed by atoms with Crippen molar-refractivity contribution in [2.45, 2.75) is 24.7 Å². The summed E-state index contributed by atoms with van der Waals surface area (Å²) in [5.74, 6) is 1.04. The summed E-state index contributed by atoms with van der Waals surface area (Å²) in [6.07, 6.45) is 0.967. The van der Waals surface area contributed by atoms with Crippen molar-refractivity contribution in [3.05, 3.63) is 28.2 Å². The number of carbonyl (C=O) groups excluding carboxylic acids is 1. The summed E-state index contributed by atoms with van der Waals surface area (Å²) in [6, 6.07) is 6.10. The van der Waals surface area contributed by atoms with Gasteiger partial charge in [0.05, 0.1) is 0 Å². The van der Waals surface area contributed by atoms with Crippen LogP contribution in [0.4, 0.5) is 0 Å².